The van der Waals surface area contributed by atoms with E-state index in [2.05, 4.69) is 26.6 Å². The lowest BCUT2D eigenvalue weighted by Crippen LogP contribution is -2.27. The van der Waals surface area contributed by atoms with Crippen molar-refractivity contribution in [3.05, 3.63) is 0 Å². The molecule has 2 nitrogen and oxygen atoms in total. The van der Waals surface area contributed by atoms with E-state index in [1.807, 2.05) is 0 Å². The maximum Gasteiger partial charge on any atom is 0.308 e. The summed E-state index contributed by atoms with van der Waals surface area (Å²) >= 11 is 0. The topological polar surface area (TPSA) is 26.3 Å². The number of ether oxygens (including phenoxy) is 1. The van der Waals surface area contributed by atoms with Gasteiger partial charge in [-0.25, -0.2) is 0 Å². The van der Waals surface area contributed by atoms with Crippen LogP contribution in [0.25, 0.3) is 0 Å². The van der Waals surface area contributed by atoms with Crippen molar-refractivity contribution in [1.29, 1.82) is 0 Å². The molecule has 0 spiro atoms. The maximum absolute atomic E-state index is 11.8. The minimum absolute atomic E-state index is 0.0600. The van der Waals surface area contributed by atoms with Crippen molar-refractivity contribution in [2.45, 2.75) is 58.3 Å². The third-order valence-corrected chi connectivity index (χ3v) is 5.07. The monoisotopic (exact) mass is 242 g/mol. The fourth-order valence-corrected chi connectivity index (χ4v) is 2.94. The minimum atomic E-state index is -1.06. The van der Waals surface area contributed by atoms with Crippen LogP contribution < -0.4 is 0 Å². The van der Waals surface area contributed by atoms with Crippen molar-refractivity contribution in [3.8, 4) is 0 Å². The van der Waals surface area contributed by atoms with Crippen LogP contribution in [0.2, 0.25) is 25.7 Å². The fraction of sp³-hybridized carbons (Fsp3) is 0.923. The van der Waals surface area contributed by atoms with Crippen molar-refractivity contribution in [1.82, 2.24) is 0 Å². The molecular formula is C13H26O2Si. The Kier molecular flexibility index (Phi) is 5.03. The van der Waals surface area contributed by atoms with E-state index in [1.54, 1.807) is 0 Å². The molecule has 0 N–H and O–H groups in total. The number of rotatable bonds is 4. The first-order valence-corrected chi connectivity index (χ1v) is 10.3. The van der Waals surface area contributed by atoms with Crippen LogP contribution >= 0.6 is 0 Å². The van der Waals surface area contributed by atoms with Gasteiger partial charge in [0.25, 0.3) is 0 Å². The summed E-state index contributed by atoms with van der Waals surface area (Å²) in [5.41, 5.74) is 0. The smallest absolute Gasteiger partial charge is 0.308 e. The molecule has 0 radical (unpaired) electrons. The molecule has 0 aliphatic heterocycles. The Balaban J connectivity index is 2.24. The van der Waals surface area contributed by atoms with Gasteiger partial charge in [0.1, 0.15) is 0 Å². The lowest BCUT2D eigenvalue weighted by Gasteiger charge is -2.25. The van der Waals surface area contributed by atoms with Gasteiger partial charge >= 0.3 is 5.97 Å². The molecule has 0 heterocycles. The highest BCUT2D eigenvalue weighted by Crippen LogP contribution is 2.29. The molecule has 0 aromatic carbocycles. The summed E-state index contributed by atoms with van der Waals surface area (Å²) in [6.07, 6.45) is 4.54. The van der Waals surface area contributed by atoms with Crippen LogP contribution in [-0.2, 0) is 9.53 Å². The third-order valence-electron chi connectivity index (χ3n) is 3.37. The second kappa shape index (κ2) is 5.85. The molecule has 2 atom stereocenters. The summed E-state index contributed by atoms with van der Waals surface area (Å²) in [5, 5.41) is 0. The molecule has 1 rings (SSSR count). The Morgan fingerprint density at radius 2 is 2.00 bits per heavy atom. The molecule has 0 unspecified atom stereocenters. The van der Waals surface area contributed by atoms with Gasteiger partial charge in [0, 0.05) is 8.07 Å². The Morgan fingerprint density at radius 1 is 1.31 bits per heavy atom. The number of esters is 1. The van der Waals surface area contributed by atoms with E-state index >= 15 is 0 Å². The van der Waals surface area contributed by atoms with Gasteiger partial charge in [0.05, 0.1) is 12.5 Å². The molecule has 1 saturated carbocycles. The van der Waals surface area contributed by atoms with E-state index in [9.17, 15) is 4.79 Å². The zero-order chi connectivity index (χ0) is 12.2. The number of hydrogen-bond acceptors (Lipinski definition) is 2. The third kappa shape index (κ3) is 5.15. The second-order valence-corrected chi connectivity index (χ2v) is 12.1. The highest BCUT2D eigenvalue weighted by atomic mass is 28.3. The van der Waals surface area contributed by atoms with E-state index < -0.39 is 8.07 Å². The minimum Gasteiger partial charge on any atom is -0.466 e. The molecule has 0 bridgehead atoms. The Bertz CT molecular complexity index is 233. The van der Waals surface area contributed by atoms with Gasteiger partial charge in [-0.3, -0.25) is 4.79 Å². The molecule has 0 amide bonds. The lowest BCUT2D eigenvalue weighted by molar-refractivity contribution is -0.149. The highest BCUT2D eigenvalue weighted by molar-refractivity contribution is 6.76. The average molecular weight is 242 g/mol. The first-order valence-electron chi connectivity index (χ1n) is 6.55. The summed E-state index contributed by atoms with van der Waals surface area (Å²) in [6.45, 7) is 9.80. The molecule has 1 aliphatic carbocycles. The average Bonchev–Trinajstić information content (AvgIpc) is 2.15. The van der Waals surface area contributed by atoms with E-state index in [4.69, 9.17) is 4.74 Å². The molecule has 0 saturated heterocycles. The summed E-state index contributed by atoms with van der Waals surface area (Å²) in [7, 11) is -1.06. The Labute approximate surface area is 101 Å². The normalized spacial score (nSPS) is 26.5. The number of carbonyl (C=O) groups excluding carboxylic acids is 1. The molecule has 0 aromatic heterocycles. The van der Waals surface area contributed by atoms with Crippen LogP contribution in [0, 0.1) is 11.8 Å². The molecular weight excluding hydrogens is 216 g/mol. The highest BCUT2D eigenvalue weighted by Gasteiger charge is 2.26. The summed E-state index contributed by atoms with van der Waals surface area (Å²) < 4.78 is 5.40. The van der Waals surface area contributed by atoms with Crippen LogP contribution in [0.15, 0.2) is 0 Å². The van der Waals surface area contributed by atoms with E-state index in [-0.39, 0.29) is 11.9 Å². The van der Waals surface area contributed by atoms with Crippen LogP contribution in [-0.4, -0.2) is 20.7 Å². The molecule has 94 valence electrons. The number of hydrogen-bond donors (Lipinski definition) is 0. The van der Waals surface area contributed by atoms with Gasteiger partial charge in [-0.2, -0.15) is 0 Å². The quantitative estimate of drug-likeness (QED) is 0.555. The van der Waals surface area contributed by atoms with Gasteiger partial charge in [-0.15, -0.1) is 0 Å². The lowest BCUT2D eigenvalue weighted by atomic mass is 9.82. The van der Waals surface area contributed by atoms with Crippen molar-refractivity contribution in [3.63, 3.8) is 0 Å². The Hall–Kier alpha value is -0.313. The van der Waals surface area contributed by atoms with Gasteiger partial charge in [-0.05, 0) is 24.8 Å². The summed E-state index contributed by atoms with van der Waals surface area (Å²) in [5.74, 6) is 0.943. The zero-order valence-electron chi connectivity index (χ0n) is 11.2. The van der Waals surface area contributed by atoms with Crippen molar-refractivity contribution < 1.29 is 9.53 Å². The predicted molar refractivity (Wildman–Crippen MR) is 70.2 cm³/mol. The van der Waals surface area contributed by atoms with Crippen LogP contribution in [0.5, 0.6) is 0 Å². The first kappa shape index (κ1) is 13.8. The standard InChI is InChI=1S/C13H26O2Si/c1-11-6-5-7-12(10-11)13(14)15-8-9-16(2,3)4/h11-12H,5-10H2,1-4H3/t11-,12-/m0/s1. The van der Waals surface area contributed by atoms with Gasteiger partial charge < -0.3 is 4.74 Å². The first-order chi connectivity index (χ1) is 7.38. The van der Waals surface area contributed by atoms with E-state index in [0.717, 1.165) is 18.9 Å². The summed E-state index contributed by atoms with van der Waals surface area (Å²) in [4.78, 5) is 11.8. The molecule has 1 aliphatic rings. The second-order valence-electron chi connectivity index (χ2n) is 6.45. The van der Waals surface area contributed by atoms with E-state index in [0.29, 0.717) is 12.5 Å². The number of carbonyl (C=O) groups is 1. The largest absolute Gasteiger partial charge is 0.466 e. The SMILES string of the molecule is C[C@H]1CCC[C@H](C(=O)OCC[Si](C)(C)C)C1. The van der Waals surface area contributed by atoms with Crippen LogP contribution in [0.4, 0.5) is 0 Å². The summed E-state index contributed by atoms with van der Waals surface area (Å²) in [6, 6.07) is 1.08. The predicted octanol–water partition coefficient (Wildman–Crippen LogP) is 3.69. The zero-order valence-corrected chi connectivity index (χ0v) is 12.2. The maximum atomic E-state index is 11.8. The molecule has 3 heteroatoms. The van der Waals surface area contributed by atoms with Gasteiger partial charge in [-0.1, -0.05) is 39.4 Å². The molecule has 0 aromatic rings. The van der Waals surface area contributed by atoms with Crippen molar-refractivity contribution in [2.24, 2.45) is 11.8 Å². The molecule has 1 fully saturated rings. The van der Waals surface area contributed by atoms with E-state index in [1.165, 1.54) is 12.8 Å². The van der Waals surface area contributed by atoms with Crippen LogP contribution in [0.3, 0.4) is 0 Å². The van der Waals surface area contributed by atoms with Crippen molar-refractivity contribution in [2.75, 3.05) is 6.61 Å². The van der Waals surface area contributed by atoms with Gasteiger partial charge in [0.2, 0.25) is 0 Å². The Morgan fingerprint density at radius 3 is 2.56 bits per heavy atom. The molecule has 16 heavy (non-hydrogen) atoms. The van der Waals surface area contributed by atoms with Gasteiger partial charge in [0.15, 0.2) is 0 Å². The van der Waals surface area contributed by atoms with Crippen LogP contribution in [0.1, 0.15) is 32.6 Å². The fourth-order valence-electron chi connectivity index (χ4n) is 2.22. The van der Waals surface area contributed by atoms with Crippen molar-refractivity contribution >= 4 is 14.0 Å².